The van der Waals surface area contributed by atoms with Gasteiger partial charge in [0.1, 0.15) is 0 Å². The molecule has 0 bridgehead atoms. The van der Waals surface area contributed by atoms with Crippen LogP contribution in [0.4, 0.5) is 0 Å². The number of rotatable bonds is 5. The molecule has 0 aromatic carbocycles. The van der Waals surface area contributed by atoms with E-state index < -0.39 is 0 Å². The van der Waals surface area contributed by atoms with Crippen LogP contribution >= 0.6 is 0 Å². The van der Waals surface area contributed by atoms with E-state index in [1.54, 1.807) is 0 Å². The van der Waals surface area contributed by atoms with Gasteiger partial charge in [0.25, 0.3) is 0 Å². The summed E-state index contributed by atoms with van der Waals surface area (Å²) in [4.78, 5) is 15.4. The predicted molar refractivity (Wildman–Crippen MR) is 56.1 cm³/mol. The highest BCUT2D eigenvalue weighted by molar-refractivity contribution is 6.16. The molecule has 1 saturated heterocycles. The zero-order chi connectivity index (χ0) is 10.7. The fraction of sp³-hybridized carbons (Fsp3) is 0.818. The number of hydrogen-bond acceptors (Lipinski definition) is 4. The standard InChI is InChI=1S/C11H17NO3/c1-2-14-11(13)10-9(12-10)6-5-8-4-3-7-15-8/h8,10H,2-7H2,1H3. The minimum atomic E-state index is -0.258. The Morgan fingerprint density at radius 1 is 1.67 bits per heavy atom. The largest absolute Gasteiger partial charge is 0.464 e. The van der Waals surface area contributed by atoms with E-state index in [4.69, 9.17) is 9.47 Å². The van der Waals surface area contributed by atoms with E-state index in [9.17, 15) is 4.79 Å². The maximum Gasteiger partial charge on any atom is 0.336 e. The Balaban J connectivity index is 1.62. The van der Waals surface area contributed by atoms with Gasteiger partial charge in [0, 0.05) is 12.3 Å². The average molecular weight is 211 g/mol. The van der Waals surface area contributed by atoms with Crippen molar-refractivity contribution in [2.45, 2.75) is 44.8 Å². The van der Waals surface area contributed by atoms with Crippen molar-refractivity contribution in [3.8, 4) is 0 Å². The molecule has 2 atom stereocenters. The third-order valence-electron chi connectivity index (χ3n) is 2.80. The minimum absolute atomic E-state index is 0.195. The van der Waals surface area contributed by atoms with E-state index in [0.29, 0.717) is 12.7 Å². The summed E-state index contributed by atoms with van der Waals surface area (Å²) >= 11 is 0. The molecule has 15 heavy (non-hydrogen) atoms. The molecular weight excluding hydrogens is 194 g/mol. The van der Waals surface area contributed by atoms with Crippen LogP contribution in [-0.2, 0) is 14.3 Å². The number of carbonyl (C=O) groups excluding carboxylic acids is 1. The van der Waals surface area contributed by atoms with Gasteiger partial charge >= 0.3 is 5.97 Å². The minimum Gasteiger partial charge on any atom is -0.464 e. The molecule has 2 aliphatic rings. The van der Waals surface area contributed by atoms with Crippen LogP contribution in [0.5, 0.6) is 0 Å². The van der Waals surface area contributed by atoms with E-state index in [-0.39, 0.29) is 12.0 Å². The van der Waals surface area contributed by atoms with E-state index in [1.807, 2.05) is 6.92 Å². The fourth-order valence-corrected chi connectivity index (χ4v) is 1.92. The molecule has 2 unspecified atom stereocenters. The Labute approximate surface area is 89.7 Å². The molecule has 84 valence electrons. The summed E-state index contributed by atoms with van der Waals surface area (Å²) in [5, 5.41) is 0. The first kappa shape index (κ1) is 10.6. The normalized spacial score (nSPS) is 28.7. The molecule has 2 rings (SSSR count). The van der Waals surface area contributed by atoms with E-state index in [0.717, 1.165) is 31.6 Å². The number of esters is 1. The molecule has 0 N–H and O–H groups in total. The van der Waals surface area contributed by atoms with E-state index in [1.165, 1.54) is 6.42 Å². The first-order chi connectivity index (χ1) is 7.31. The van der Waals surface area contributed by atoms with Gasteiger partial charge in [-0.25, -0.2) is 4.79 Å². The monoisotopic (exact) mass is 211 g/mol. The Morgan fingerprint density at radius 3 is 3.20 bits per heavy atom. The number of carbonyl (C=O) groups is 1. The molecule has 1 fully saturated rings. The van der Waals surface area contributed by atoms with Gasteiger partial charge in [-0.2, -0.15) is 0 Å². The molecule has 2 aliphatic heterocycles. The second-order valence-electron chi connectivity index (χ2n) is 3.95. The summed E-state index contributed by atoms with van der Waals surface area (Å²) in [6, 6.07) is -0.258. The van der Waals surface area contributed by atoms with Crippen LogP contribution in [-0.4, -0.2) is 37.0 Å². The topological polar surface area (TPSA) is 47.9 Å². The van der Waals surface area contributed by atoms with Crippen LogP contribution in [0.15, 0.2) is 4.99 Å². The third-order valence-corrected chi connectivity index (χ3v) is 2.80. The van der Waals surface area contributed by atoms with Gasteiger partial charge in [-0.1, -0.05) is 0 Å². The van der Waals surface area contributed by atoms with Crippen LogP contribution in [0, 0.1) is 0 Å². The lowest BCUT2D eigenvalue weighted by atomic mass is 10.1. The van der Waals surface area contributed by atoms with Crippen LogP contribution in [0.1, 0.15) is 32.6 Å². The number of hydrogen-bond donors (Lipinski definition) is 0. The van der Waals surface area contributed by atoms with Crippen molar-refractivity contribution >= 4 is 11.7 Å². The summed E-state index contributed by atoms with van der Waals surface area (Å²) in [5.74, 6) is -0.195. The first-order valence-corrected chi connectivity index (χ1v) is 5.66. The molecule has 4 heteroatoms. The fourth-order valence-electron chi connectivity index (χ4n) is 1.92. The van der Waals surface area contributed by atoms with Gasteiger partial charge in [0.2, 0.25) is 0 Å². The lowest BCUT2D eigenvalue weighted by Gasteiger charge is -2.06. The molecular formula is C11H17NO3. The Kier molecular flexibility index (Phi) is 3.36. The second-order valence-corrected chi connectivity index (χ2v) is 3.95. The molecule has 0 aromatic heterocycles. The maximum absolute atomic E-state index is 11.2. The van der Waals surface area contributed by atoms with Crippen molar-refractivity contribution < 1.29 is 14.3 Å². The summed E-state index contributed by atoms with van der Waals surface area (Å²) in [6.45, 7) is 3.13. The van der Waals surface area contributed by atoms with Crippen molar-refractivity contribution in [1.29, 1.82) is 0 Å². The van der Waals surface area contributed by atoms with Crippen LogP contribution in [0.25, 0.3) is 0 Å². The highest BCUT2D eigenvalue weighted by atomic mass is 16.5. The maximum atomic E-state index is 11.2. The van der Waals surface area contributed by atoms with Crippen molar-refractivity contribution in [2.75, 3.05) is 13.2 Å². The van der Waals surface area contributed by atoms with Crippen LogP contribution < -0.4 is 0 Å². The summed E-state index contributed by atoms with van der Waals surface area (Å²) in [7, 11) is 0. The van der Waals surface area contributed by atoms with E-state index in [2.05, 4.69) is 4.99 Å². The molecule has 2 heterocycles. The zero-order valence-corrected chi connectivity index (χ0v) is 9.07. The number of ether oxygens (including phenoxy) is 2. The smallest absolute Gasteiger partial charge is 0.336 e. The average Bonchev–Trinajstić information content (AvgIpc) is 2.82. The van der Waals surface area contributed by atoms with Crippen molar-refractivity contribution in [1.82, 2.24) is 0 Å². The van der Waals surface area contributed by atoms with Gasteiger partial charge in [-0.05, 0) is 32.6 Å². The van der Waals surface area contributed by atoms with Gasteiger partial charge in [0.15, 0.2) is 6.04 Å². The quantitative estimate of drug-likeness (QED) is 0.644. The summed E-state index contributed by atoms with van der Waals surface area (Å²) in [5.41, 5.74) is 0.990. The Hall–Kier alpha value is -0.900. The molecule has 0 aliphatic carbocycles. The lowest BCUT2D eigenvalue weighted by Crippen LogP contribution is -2.17. The van der Waals surface area contributed by atoms with Gasteiger partial charge in [-0.3, -0.25) is 4.99 Å². The Morgan fingerprint density at radius 2 is 2.53 bits per heavy atom. The molecule has 4 nitrogen and oxygen atoms in total. The van der Waals surface area contributed by atoms with Gasteiger partial charge in [0.05, 0.1) is 12.7 Å². The van der Waals surface area contributed by atoms with Crippen molar-refractivity contribution in [3.63, 3.8) is 0 Å². The second kappa shape index (κ2) is 4.75. The number of nitrogens with zero attached hydrogens (tertiary/aromatic N) is 1. The SMILES string of the molecule is CCOC(=O)C1N=C1CCC1CCCO1. The molecule has 0 spiro atoms. The highest BCUT2D eigenvalue weighted by Crippen LogP contribution is 2.23. The molecule has 0 aromatic rings. The summed E-state index contributed by atoms with van der Waals surface area (Å²) < 4.78 is 10.4. The van der Waals surface area contributed by atoms with Crippen LogP contribution in [0.3, 0.4) is 0 Å². The van der Waals surface area contributed by atoms with Gasteiger partial charge in [-0.15, -0.1) is 0 Å². The van der Waals surface area contributed by atoms with Gasteiger partial charge < -0.3 is 9.47 Å². The molecule has 0 amide bonds. The Bertz CT molecular complexity index is 269. The lowest BCUT2D eigenvalue weighted by molar-refractivity contribution is -0.142. The van der Waals surface area contributed by atoms with Crippen molar-refractivity contribution in [2.24, 2.45) is 4.99 Å². The molecule has 0 saturated carbocycles. The first-order valence-electron chi connectivity index (χ1n) is 5.66. The molecule has 0 radical (unpaired) electrons. The zero-order valence-electron chi connectivity index (χ0n) is 9.07. The third kappa shape index (κ3) is 2.78. The van der Waals surface area contributed by atoms with Crippen molar-refractivity contribution in [3.05, 3.63) is 0 Å². The van der Waals surface area contributed by atoms with Crippen LogP contribution in [0.2, 0.25) is 0 Å². The highest BCUT2D eigenvalue weighted by Gasteiger charge is 2.36. The predicted octanol–water partition coefficient (Wildman–Crippen LogP) is 1.33. The van der Waals surface area contributed by atoms with E-state index >= 15 is 0 Å². The summed E-state index contributed by atoms with van der Waals surface area (Å²) in [6.07, 6.45) is 4.58. The number of aliphatic imine (C=N–C) groups is 1.